The molecule has 19 heavy (non-hydrogen) atoms. The van der Waals surface area contributed by atoms with Crippen LogP contribution in [0.4, 0.5) is 5.69 Å². The molecule has 0 bridgehead atoms. The summed E-state index contributed by atoms with van der Waals surface area (Å²) in [4.78, 5) is 21.6. The summed E-state index contributed by atoms with van der Waals surface area (Å²) < 4.78 is 5.21. The highest BCUT2D eigenvalue weighted by Gasteiger charge is 2.17. The topological polar surface area (TPSA) is 93.5 Å². The molecule has 2 rings (SSSR count). The number of ether oxygens (including phenoxy) is 1. The van der Waals surface area contributed by atoms with E-state index in [1.54, 1.807) is 6.07 Å². The lowest BCUT2D eigenvalue weighted by Gasteiger charge is -2.27. The zero-order valence-electron chi connectivity index (χ0n) is 10.3. The first-order valence-electron chi connectivity index (χ1n) is 6.00. The van der Waals surface area contributed by atoms with E-state index in [9.17, 15) is 14.9 Å². The third-order valence-electron chi connectivity index (χ3n) is 2.85. The summed E-state index contributed by atoms with van der Waals surface area (Å²) >= 11 is 0. The second-order valence-electron chi connectivity index (χ2n) is 4.37. The van der Waals surface area contributed by atoms with Crippen LogP contribution in [0.2, 0.25) is 0 Å². The molecule has 0 saturated carbocycles. The predicted molar refractivity (Wildman–Crippen MR) is 68.0 cm³/mol. The van der Waals surface area contributed by atoms with Crippen LogP contribution in [0.1, 0.15) is 0 Å². The second kappa shape index (κ2) is 6.14. The van der Waals surface area contributed by atoms with Gasteiger partial charge in [-0.25, -0.2) is 0 Å². The molecule has 7 nitrogen and oxygen atoms in total. The van der Waals surface area contributed by atoms with E-state index in [1.165, 1.54) is 18.2 Å². The van der Waals surface area contributed by atoms with Crippen LogP contribution in [-0.4, -0.2) is 37.1 Å². The Morgan fingerprint density at radius 3 is 2.95 bits per heavy atom. The number of carbonyl (C=O) groups is 1. The molecule has 1 aromatic carbocycles. The number of hydrogen-bond acceptors (Lipinski definition) is 5. The van der Waals surface area contributed by atoms with E-state index >= 15 is 0 Å². The van der Waals surface area contributed by atoms with Crippen LogP contribution in [0.15, 0.2) is 24.3 Å². The normalized spacial score (nSPS) is 14.5. The van der Waals surface area contributed by atoms with Crippen LogP contribution < -0.4 is 15.4 Å². The number of rotatable bonds is 6. The third-order valence-corrected chi connectivity index (χ3v) is 2.85. The van der Waals surface area contributed by atoms with Gasteiger partial charge in [0.1, 0.15) is 5.75 Å². The minimum Gasteiger partial charge on any atom is -0.484 e. The van der Waals surface area contributed by atoms with Gasteiger partial charge in [0, 0.05) is 31.6 Å². The molecule has 0 aliphatic carbocycles. The van der Waals surface area contributed by atoms with Gasteiger partial charge in [-0.05, 0) is 6.07 Å². The molecule has 0 atom stereocenters. The van der Waals surface area contributed by atoms with Gasteiger partial charge >= 0.3 is 0 Å². The van der Waals surface area contributed by atoms with E-state index in [0.717, 1.165) is 13.1 Å². The number of benzene rings is 1. The van der Waals surface area contributed by atoms with Crippen LogP contribution in [0.5, 0.6) is 5.75 Å². The molecule has 1 aliphatic rings. The van der Waals surface area contributed by atoms with Crippen molar-refractivity contribution in [3.8, 4) is 5.75 Å². The van der Waals surface area contributed by atoms with Gasteiger partial charge in [0.15, 0.2) is 6.61 Å². The number of amides is 1. The Hall–Kier alpha value is -2.15. The average molecular weight is 265 g/mol. The van der Waals surface area contributed by atoms with Gasteiger partial charge in [0.25, 0.3) is 11.6 Å². The molecule has 1 heterocycles. The first-order chi connectivity index (χ1) is 9.15. The van der Waals surface area contributed by atoms with Crippen molar-refractivity contribution in [3.63, 3.8) is 0 Å². The molecule has 1 fully saturated rings. The smallest absolute Gasteiger partial charge is 0.273 e. The maximum absolute atomic E-state index is 11.5. The highest BCUT2D eigenvalue weighted by Crippen LogP contribution is 2.18. The van der Waals surface area contributed by atoms with Crippen molar-refractivity contribution in [3.05, 3.63) is 34.4 Å². The molecule has 1 saturated heterocycles. The van der Waals surface area contributed by atoms with Crippen molar-refractivity contribution in [1.82, 2.24) is 10.6 Å². The summed E-state index contributed by atoms with van der Waals surface area (Å²) in [6.07, 6.45) is 0. The summed E-state index contributed by atoms with van der Waals surface area (Å²) in [5, 5.41) is 16.4. The van der Waals surface area contributed by atoms with Gasteiger partial charge in [-0.15, -0.1) is 0 Å². The largest absolute Gasteiger partial charge is 0.484 e. The lowest BCUT2D eigenvalue weighted by atomic mass is 10.0. The number of hydrogen-bond donors (Lipinski definition) is 2. The Bertz CT molecular complexity index is 474. The lowest BCUT2D eigenvalue weighted by Crippen LogP contribution is -2.48. The fraction of sp³-hybridized carbons (Fsp3) is 0.417. The van der Waals surface area contributed by atoms with Gasteiger partial charge < -0.3 is 15.4 Å². The zero-order valence-corrected chi connectivity index (χ0v) is 10.3. The summed E-state index contributed by atoms with van der Waals surface area (Å²) in [7, 11) is 0. The molecule has 1 amide bonds. The molecular weight excluding hydrogens is 250 g/mol. The van der Waals surface area contributed by atoms with Gasteiger partial charge in [0.2, 0.25) is 0 Å². The van der Waals surface area contributed by atoms with Crippen LogP contribution in [0.3, 0.4) is 0 Å². The van der Waals surface area contributed by atoms with E-state index in [1.807, 2.05) is 0 Å². The third kappa shape index (κ3) is 3.92. The van der Waals surface area contributed by atoms with Crippen molar-refractivity contribution in [2.24, 2.45) is 5.92 Å². The molecule has 0 aromatic heterocycles. The summed E-state index contributed by atoms with van der Waals surface area (Å²) in [5.74, 6) is 0.579. The van der Waals surface area contributed by atoms with Crippen LogP contribution in [-0.2, 0) is 4.79 Å². The quantitative estimate of drug-likeness (QED) is 0.570. The van der Waals surface area contributed by atoms with E-state index in [4.69, 9.17) is 4.74 Å². The Balaban J connectivity index is 1.75. The predicted octanol–water partition coefficient (Wildman–Crippen LogP) is 0.309. The number of nitrogens with one attached hydrogen (secondary N) is 2. The maximum atomic E-state index is 11.5. The number of nitro benzene ring substituents is 1. The standard InChI is InChI=1S/C12H15N3O4/c16-12(14-7-9-5-13-6-9)8-19-11-3-1-2-10(4-11)15(17)18/h1-4,9,13H,5-8H2,(H,14,16). The van der Waals surface area contributed by atoms with Gasteiger partial charge in [-0.1, -0.05) is 6.07 Å². The van der Waals surface area contributed by atoms with Gasteiger partial charge in [0.05, 0.1) is 11.0 Å². The molecule has 0 radical (unpaired) electrons. The van der Waals surface area contributed by atoms with E-state index in [-0.39, 0.29) is 18.2 Å². The molecule has 102 valence electrons. The molecule has 0 spiro atoms. The van der Waals surface area contributed by atoms with Crippen LogP contribution >= 0.6 is 0 Å². The van der Waals surface area contributed by atoms with Crippen LogP contribution in [0, 0.1) is 16.0 Å². The minimum atomic E-state index is -0.503. The maximum Gasteiger partial charge on any atom is 0.273 e. The van der Waals surface area contributed by atoms with E-state index in [2.05, 4.69) is 10.6 Å². The van der Waals surface area contributed by atoms with Crippen molar-refractivity contribution < 1.29 is 14.5 Å². The summed E-state index contributed by atoms with van der Waals surface area (Å²) in [5.41, 5.74) is -0.0570. The second-order valence-corrected chi connectivity index (χ2v) is 4.37. The summed E-state index contributed by atoms with van der Waals surface area (Å²) in [6, 6.07) is 5.77. The van der Waals surface area contributed by atoms with Crippen molar-refractivity contribution in [1.29, 1.82) is 0 Å². The fourth-order valence-corrected chi connectivity index (χ4v) is 1.64. The molecule has 1 aromatic rings. The number of non-ortho nitro benzene ring substituents is 1. The van der Waals surface area contributed by atoms with Crippen molar-refractivity contribution >= 4 is 11.6 Å². The highest BCUT2D eigenvalue weighted by atomic mass is 16.6. The Kier molecular flexibility index (Phi) is 4.30. The zero-order chi connectivity index (χ0) is 13.7. The SMILES string of the molecule is O=C(COc1cccc([N+](=O)[O-])c1)NCC1CNC1. The highest BCUT2D eigenvalue weighted by molar-refractivity contribution is 5.77. The van der Waals surface area contributed by atoms with E-state index < -0.39 is 4.92 Å². The first-order valence-corrected chi connectivity index (χ1v) is 6.00. The lowest BCUT2D eigenvalue weighted by molar-refractivity contribution is -0.384. The number of carbonyl (C=O) groups excluding carboxylic acids is 1. The number of nitro groups is 1. The van der Waals surface area contributed by atoms with Crippen molar-refractivity contribution in [2.75, 3.05) is 26.2 Å². The molecule has 2 N–H and O–H groups in total. The Morgan fingerprint density at radius 2 is 2.32 bits per heavy atom. The first kappa shape index (κ1) is 13.3. The summed E-state index contributed by atoms with van der Waals surface area (Å²) in [6.45, 7) is 2.34. The van der Waals surface area contributed by atoms with Gasteiger partial charge in [-0.3, -0.25) is 14.9 Å². The molecule has 0 unspecified atom stereocenters. The Labute approximate surface area is 110 Å². The Morgan fingerprint density at radius 1 is 1.53 bits per heavy atom. The minimum absolute atomic E-state index is 0.0570. The number of nitrogens with zero attached hydrogens (tertiary/aromatic N) is 1. The monoisotopic (exact) mass is 265 g/mol. The van der Waals surface area contributed by atoms with Gasteiger partial charge in [-0.2, -0.15) is 0 Å². The van der Waals surface area contributed by atoms with E-state index in [0.29, 0.717) is 18.2 Å². The molecular formula is C12H15N3O4. The average Bonchev–Trinajstić information content (AvgIpc) is 2.35. The van der Waals surface area contributed by atoms with Crippen LogP contribution in [0.25, 0.3) is 0 Å². The molecule has 1 aliphatic heterocycles. The van der Waals surface area contributed by atoms with Crippen molar-refractivity contribution in [2.45, 2.75) is 0 Å². The fourth-order valence-electron chi connectivity index (χ4n) is 1.64. The molecule has 7 heteroatoms.